The number of carbonyl (C=O) groups excluding carboxylic acids is 2. The van der Waals surface area contributed by atoms with Crippen molar-refractivity contribution in [2.75, 3.05) is 7.05 Å². The molecule has 3 aliphatic carbocycles. The molecule has 0 aromatic carbocycles. The zero-order valence-corrected chi connectivity index (χ0v) is 17.8. The lowest BCUT2D eigenvalue weighted by Gasteiger charge is -2.60. The molecule has 0 bridgehead atoms. The van der Waals surface area contributed by atoms with Gasteiger partial charge in [-0.3, -0.25) is 9.59 Å². The Balaban J connectivity index is 1.62. The molecule has 4 rings (SSSR count). The first-order valence-electron chi connectivity index (χ1n) is 11.2. The minimum Gasteiger partial charge on any atom is -0.338 e. The lowest BCUT2D eigenvalue weighted by molar-refractivity contribution is -0.142. The molecular weight excluding hydrogens is 334 g/mol. The van der Waals surface area contributed by atoms with Crippen LogP contribution in [0.15, 0.2) is 12.2 Å². The summed E-state index contributed by atoms with van der Waals surface area (Å²) < 4.78 is 0. The summed E-state index contributed by atoms with van der Waals surface area (Å²) in [5.74, 6) is 3.22. The normalized spacial score (nSPS) is 47.2. The molecule has 0 aromatic heterocycles. The summed E-state index contributed by atoms with van der Waals surface area (Å²) in [6.07, 6.45) is 12.1. The molecule has 1 aliphatic heterocycles. The highest BCUT2D eigenvalue weighted by molar-refractivity contribution is 5.89. The van der Waals surface area contributed by atoms with Gasteiger partial charge in [-0.25, -0.2) is 0 Å². The molecule has 0 spiro atoms. The van der Waals surface area contributed by atoms with E-state index in [1.54, 1.807) is 0 Å². The first-order chi connectivity index (χ1) is 12.7. The van der Waals surface area contributed by atoms with E-state index < -0.39 is 0 Å². The number of ketones is 1. The molecule has 150 valence electrons. The monoisotopic (exact) mass is 371 g/mol. The number of rotatable bonds is 3. The second-order valence-corrected chi connectivity index (χ2v) is 10.5. The van der Waals surface area contributed by atoms with Crippen LogP contribution in [-0.2, 0) is 9.59 Å². The third-order valence-electron chi connectivity index (χ3n) is 9.57. The van der Waals surface area contributed by atoms with Gasteiger partial charge in [0.15, 0.2) is 0 Å². The molecule has 0 saturated heterocycles. The highest BCUT2D eigenvalue weighted by Crippen LogP contribution is 2.65. The van der Waals surface area contributed by atoms with Gasteiger partial charge in [-0.05, 0) is 74.2 Å². The van der Waals surface area contributed by atoms with Gasteiger partial charge >= 0.3 is 0 Å². The molecule has 8 atom stereocenters. The Morgan fingerprint density at radius 2 is 1.93 bits per heavy atom. The maximum absolute atomic E-state index is 13.1. The molecule has 3 nitrogen and oxygen atoms in total. The smallest absolute Gasteiger partial charge is 0.246 e. The van der Waals surface area contributed by atoms with Crippen LogP contribution >= 0.6 is 0 Å². The molecule has 0 N–H and O–H groups in total. The third-order valence-corrected chi connectivity index (χ3v) is 9.57. The molecule has 3 heteroatoms. The van der Waals surface area contributed by atoms with Crippen LogP contribution < -0.4 is 0 Å². The Morgan fingerprint density at radius 1 is 1.19 bits per heavy atom. The molecule has 3 saturated carbocycles. The quantitative estimate of drug-likeness (QED) is 0.710. The van der Waals surface area contributed by atoms with Gasteiger partial charge in [-0.15, -0.1) is 0 Å². The number of carbonyl (C=O) groups is 2. The summed E-state index contributed by atoms with van der Waals surface area (Å²) in [5, 5.41) is 0. The number of hydrogen-bond donors (Lipinski definition) is 0. The largest absolute Gasteiger partial charge is 0.338 e. The summed E-state index contributed by atoms with van der Waals surface area (Å²) in [6.45, 7) is 9.10. The summed E-state index contributed by atoms with van der Waals surface area (Å²) in [6, 6.07) is 0.347. The van der Waals surface area contributed by atoms with Crippen LogP contribution in [0.3, 0.4) is 0 Å². The average molecular weight is 372 g/mol. The van der Waals surface area contributed by atoms with Gasteiger partial charge in [0, 0.05) is 30.3 Å². The molecule has 0 unspecified atom stereocenters. The van der Waals surface area contributed by atoms with Crippen molar-refractivity contribution in [3.05, 3.63) is 12.2 Å². The van der Waals surface area contributed by atoms with E-state index in [1.807, 2.05) is 18.0 Å². The Morgan fingerprint density at radius 3 is 2.63 bits per heavy atom. The van der Waals surface area contributed by atoms with Crippen LogP contribution in [0.25, 0.3) is 0 Å². The van der Waals surface area contributed by atoms with Gasteiger partial charge in [-0.2, -0.15) is 0 Å². The molecule has 0 radical (unpaired) electrons. The van der Waals surface area contributed by atoms with Crippen molar-refractivity contribution in [1.29, 1.82) is 0 Å². The van der Waals surface area contributed by atoms with E-state index in [1.165, 1.54) is 25.7 Å². The van der Waals surface area contributed by atoms with Gasteiger partial charge in [-0.1, -0.05) is 33.8 Å². The van der Waals surface area contributed by atoms with Crippen LogP contribution in [0.5, 0.6) is 0 Å². The van der Waals surface area contributed by atoms with Gasteiger partial charge in [0.25, 0.3) is 0 Å². The maximum Gasteiger partial charge on any atom is 0.246 e. The van der Waals surface area contributed by atoms with Crippen LogP contribution in [0.1, 0.15) is 72.6 Å². The summed E-state index contributed by atoms with van der Waals surface area (Å²) in [4.78, 5) is 27.3. The van der Waals surface area contributed by atoms with Crippen molar-refractivity contribution in [2.45, 2.75) is 78.7 Å². The first kappa shape index (κ1) is 19.2. The highest BCUT2D eigenvalue weighted by atomic mass is 16.2. The van der Waals surface area contributed by atoms with Crippen molar-refractivity contribution >= 4 is 11.7 Å². The number of hydrogen-bond acceptors (Lipinski definition) is 2. The topological polar surface area (TPSA) is 37.4 Å². The fourth-order valence-corrected chi connectivity index (χ4v) is 7.75. The number of likely N-dealkylation sites (N-methyl/N-ethyl adjacent to an activating group) is 1. The fourth-order valence-electron chi connectivity index (χ4n) is 7.75. The van der Waals surface area contributed by atoms with Crippen LogP contribution in [0.2, 0.25) is 0 Å². The molecule has 0 aromatic rings. The minimum atomic E-state index is 0.103. The van der Waals surface area contributed by atoms with Crippen LogP contribution in [0, 0.1) is 40.4 Å². The van der Waals surface area contributed by atoms with Gasteiger partial charge in [0.2, 0.25) is 5.91 Å². The summed E-state index contributed by atoms with van der Waals surface area (Å²) in [7, 11) is 1.98. The van der Waals surface area contributed by atoms with Crippen LogP contribution in [-0.4, -0.2) is 29.7 Å². The Hall–Kier alpha value is -1.12. The second-order valence-electron chi connectivity index (χ2n) is 10.5. The van der Waals surface area contributed by atoms with Crippen molar-refractivity contribution in [3.63, 3.8) is 0 Å². The molecule has 3 fully saturated rings. The molecule has 1 amide bonds. The average Bonchev–Trinajstić information content (AvgIpc) is 3.01. The van der Waals surface area contributed by atoms with E-state index in [9.17, 15) is 9.59 Å². The van der Waals surface area contributed by atoms with Gasteiger partial charge < -0.3 is 4.90 Å². The van der Waals surface area contributed by atoms with E-state index >= 15 is 0 Å². The van der Waals surface area contributed by atoms with E-state index in [2.05, 4.69) is 33.8 Å². The lowest BCUT2D eigenvalue weighted by atomic mass is 9.47. The predicted molar refractivity (Wildman–Crippen MR) is 108 cm³/mol. The zero-order chi connectivity index (χ0) is 19.6. The number of fused-ring (bicyclic) bond motifs is 5. The molecular formula is C24H37NO2. The predicted octanol–water partition coefficient (Wildman–Crippen LogP) is 4.86. The Labute approximate surface area is 165 Å². The van der Waals surface area contributed by atoms with Crippen molar-refractivity contribution < 1.29 is 9.59 Å². The second kappa shape index (κ2) is 6.46. The van der Waals surface area contributed by atoms with Crippen molar-refractivity contribution in [2.24, 2.45) is 40.4 Å². The SMILES string of the molecule is CC[C@H](C)C(=O)[C@H]1CC[C@H]2[C@@H]3CC[C@H]4N(C)C(=O)C=C[C@]4(C)[C@H]3CC[C@]12C. The Bertz CT molecular complexity index is 669. The standard InChI is InChI=1S/C24H37NO2/c1-6-15(2)22(27)19-9-8-17-16-7-10-20-24(4,14-12-21(26)25(20)5)18(16)11-13-23(17,19)3/h12,14-20H,6-11,13H2,1-5H3/t15-,16-,17-,18-,19+,20+,23-,24+/m0/s1. The van der Waals surface area contributed by atoms with E-state index in [4.69, 9.17) is 0 Å². The number of Topliss-reactive ketones (excluding diaryl/α,β-unsaturated/α-hetero) is 1. The highest BCUT2D eigenvalue weighted by Gasteiger charge is 2.61. The van der Waals surface area contributed by atoms with Crippen LogP contribution in [0.4, 0.5) is 0 Å². The van der Waals surface area contributed by atoms with E-state index in [0.29, 0.717) is 29.6 Å². The van der Waals surface area contributed by atoms with E-state index in [-0.39, 0.29) is 28.6 Å². The van der Waals surface area contributed by atoms with Crippen molar-refractivity contribution in [3.8, 4) is 0 Å². The summed E-state index contributed by atoms with van der Waals surface area (Å²) >= 11 is 0. The number of nitrogens with zero attached hydrogens (tertiary/aromatic N) is 1. The lowest BCUT2D eigenvalue weighted by Crippen LogP contribution is -2.59. The molecule has 4 aliphatic rings. The van der Waals surface area contributed by atoms with E-state index in [0.717, 1.165) is 19.3 Å². The minimum absolute atomic E-state index is 0.103. The molecule has 27 heavy (non-hydrogen) atoms. The Kier molecular flexibility index (Phi) is 4.59. The first-order valence-corrected chi connectivity index (χ1v) is 11.2. The van der Waals surface area contributed by atoms with Crippen molar-refractivity contribution in [1.82, 2.24) is 4.90 Å². The fraction of sp³-hybridized carbons (Fsp3) is 0.833. The number of amides is 1. The van der Waals surface area contributed by atoms with Gasteiger partial charge in [0.05, 0.1) is 0 Å². The van der Waals surface area contributed by atoms with Gasteiger partial charge in [0.1, 0.15) is 5.78 Å². The summed E-state index contributed by atoms with van der Waals surface area (Å²) in [5.41, 5.74) is 0.302. The zero-order valence-electron chi connectivity index (χ0n) is 17.8. The maximum atomic E-state index is 13.1. The molecule has 1 heterocycles. The third kappa shape index (κ3) is 2.59.